The maximum absolute atomic E-state index is 10.9. The molecule has 3 aromatic carbocycles. The van der Waals surface area contributed by atoms with E-state index in [0.717, 1.165) is 33.5 Å². The Morgan fingerprint density at radius 2 is 1.48 bits per heavy atom. The first-order valence-electron chi connectivity index (χ1n) is 9.26. The van der Waals surface area contributed by atoms with Crippen LogP contribution in [0.15, 0.2) is 89.8 Å². The number of aromatic carboxylic acids is 1. The third kappa shape index (κ3) is 4.92. The van der Waals surface area contributed by atoms with Crippen LogP contribution in [0.1, 0.15) is 27.2 Å². The molecular formula is C25H19NO2S. The summed E-state index contributed by atoms with van der Waals surface area (Å²) in [6.45, 7) is 0. The predicted molar refractivity (Wildman–Crippen MR) is 120 cm³/mol. The second-order valence-corrected chi connectivity index (χ2v) is 7.66. The Morgan fingerprint density at radius 3 is 2.17 bits per heavy atom. The predicted octanol–water partition coefficient (Wildman–Crippen LogP) is 6.40. The van der Waals surface area contributed by atoms with Crippen molar-refractivity contribution in [3.8, 4) is 0 Å². The molecule has 0 aliphatic carbocycles. The Kier molecular flexibility index (Phi) is 5.73. The van der Waals surface area contributed by atoms with E-state index < -0.39 is 5.97 Å². The fraction of sp³-hybridized carbons (Fsp3) is 0.0400. The number of hydrogen-bond donors (Lipinski definition) is 1. The third-order valence-electron chi connectivity index (χ3n) is 4.55. The van der Waals surface area contributed by atoms with Gasteiger partial charge in [0.15, 0.2) is 0 Å². The van der Waals surface area contributed by atoms with E-state index in [-0.39, 0.29) is 0 Å². The first-order chi connectivity index (χ1) is 14.2. The molecule has 0 fully saturated rings. The summed E-state index contributed by atoms with van der Waals surface area (Å²) in [7, 11) is 0. The van der Waals surface area contributed by atoms with Gasteiger partial charge in [0.1, 0.15) is 0 Å². The molecule has 1 heterocycles. The van der Waals surface area contributed by atoms with E-state index in [1.54, 1.807) is 36.0 Å². The van der Waals surface area contributed by atoms with Crippen molar-refractivity contribution in [1.82, 2.24) is 4.98 Å². The normalized spacial score (nSPS) is 11.2. The minimum Gasteiger partial charge on any atom is -0.478 e. The highest BCUT2D eigenvalue weighted by Crippen LogP contribution is 2.24. The number of carbonyl (C=O) groups is 1. The molecule has 0 bridgehead atoms. The molecule has 1 N–H and O–H groups in total. The van der Waals surface area contributed by atoms with Crippen molar-refractivity contribution in [2.45, 2.75) is 10.6 Å². The number of fused-ring (bicyclic) bond motifs is 1. The summed E-state index contributed by atoms with van der Waals surface area (Å²) < 4.78 is 0. The van der Waals surface area contributed by atoms with Crippen LogP contribution in [0.5, 0.6) is 0 Å². The number of aromatic nitrogens is 1. The van der Waals surface area contributed by atoms with Gasteiger partial charge in [0.25, 0.3) is 0 Å². The Morgan fingerprint density at radius 1 is 0.828 bits per heavy atom. The van der Waals surface area contributed by atoms with Crippen molar-refractivity contribution >= 4 is 40.8 Å². The highest BCUT2D eigenvalue weighted by molar-refractivity contribution is 7.98. The van der Waals surface area contributed by atoms with E-state index in [0.29, 0.717) is 5.56 Å². The minimum atomic E-state index is -0.910. The van der Waals surface area contributed by atoms with Crippen molar-refractivity contribution < 1.29 is 9.90 Å². The SMILES string of the molecule is O=C(O)c1ccc(C=Cc2ccc(SCc3ccc4ccccc4n3)cc2)cc1. The number of nitrogens with zero attached hydrogens (tertiary/aromatic N) is 1. The van der Waals surface area contributed by atoms with Crippen molar-refractivity contribution in [2.75, 3.05) is 0 Å². The first kappa shape index (κ1) is 19.0. The van der Waals surface area contributed by atoms with Crippen LogP contribution >= 0.6 is 11.8 Å². The number of hydrogen-bond acceptors (Lipinski definition) is 3. The Hall–Kier alpha value is -3.37. The number of benzene rings is 3. The zero-order valence-electron chi connectivity index (χ0n) is 15.7. The molecule has 0 atom stereocenters. The van der Waals surface area contributed by atoms with Crippen molar-refractivity contribution in [3.63, 3.8) is 0 Å². The van der Waals surface area contributed by atoms with Gasteiger partial charge >= 0.3 is 5.97 Å². The van der Waals surface area contributed by atoms with Crippen molar-refractivity contribution in [1.29, 1.82) is 0 Å². The van der Waals surface area contributed by atoms with E-state index in [2.05, 4.69) is 42.5 Å². The molecule has 4 heteroatoms. The summed E-state index contributed by atoms with van der Waals surface area (Å²) >= 11 is 1.77. The lowest BCUT2D eigenvalue weighted by molar-refractivity contribution is 0.0697. The maximum atomic E-state index is 10.9. The molecule has 4 aromatic rings. The van der Waals surface area contributed by atoms with Gasteiger partial charge in [0, 0.05) is 16.0 Å². The van der Waals surface area contributed by atoms with E-state index in [9.17, 15) is 4.79 Å². The van der Waals surface area contributed by atoms with E-state index in [1.165, 1.54) is 4.90 Å². The Balaban J connectivity index is 1.37. The molecule has 142 valence electrons. The topological polar surface area (TPSA) is 50.2 Å². The number of pyridine rings is 1. The second-order valence-electron chi connectivity index (χ2n) is 6.61. The van der Waals surface area contributed by atoms with Crippen LogP contribution in [-0.2, 0) is 5.75 Å². The molecule has 4 rings (SSSR count). The molecule has 1 aromatic heterocycles. The smallest absolute Gasteiger partial charge is 0.335 e. The van der Waals surface area contributed by atoms with Gasteiger partial charge in [0.05, 0.1) is 16.8 Å². The average molecular weight is 397 g/mol. The van der Waals surface area contributed by atoms with Crippen LogP contribution in [-0.4, -0.2) is 16.1 Å². The van der Waals surface area contributed by atoms with Gasteiger partial charge in [-0.1, -0.05) is 60.7 Å². The molecular weight excluding hydrogens is 378 g/mol. The summed E-state index contributed by atoms with van der Waals surface area (Å²) in [6, 6.07) is 27.6. The molecule has 0 amide bonds. The van der Waals surface area contributed by atoms with Gasteiger partial charge in [-0.05, 0) is 47.5 Å². The average Bonchev–Trinajstić information content (AvgIpc) is 2.77. The number of carboxylic acids is 1. The molecule has 0 aliphatic rings. The standard InChI is InChI=1S/C25H19NO2S/c27-25(28)21-11-7-18(8-12-21)5-6-19-9-15-23(16-10-19)29-17-22-14-13-20-3-1-2-4-24(20)26-22/h1-16H,17H2,(H,27,28). The van der Waals surface area contributed by atoms with Crippen LogP contribution in [0.2, 0.25) is 0 Å². The number of carboxylic acid groups (broad SMARTS) is 1. The van der Waals surface area contributed by atoms with Crippen LogP contribution in [0.25, 0.3) is 23.1 Å². The van der Waals surface area contributed by atoms with Gasteiger partial charge in [0.2, 0.25) is 0 Å². The van der Waals surface area contributed by atoms with Gasteiger partial charge in [-0.3, -0.25) is 4.98 Å². The van der Waals surface area contributed by atoms with Crippen LogP contribution in [0.3, 0.4) is 0 Å². The van der Waals surface area contributed by atoms with Crippen LogP contribution in [0, 0.1) is 0 Å². The molecule has 0 saturated carbocycles. The quantitative estimate of drug-likeness (QED) is 0.302. The highest BCUT2D eigenvalue weighted by atomic mass is 32.2. The van der Waals surface area contributed by atoms with E-state index >= 15 is 0 Å². The Bertz CT molecular complexity index is 1170. The lowest BCUT2D eigenvalue weighted by Crippen LogP contribution is -1.94. The molecule has 0 radical (unpaired) electrons. The van der Waals surface area contributed by atoms with Gasteiger partial charge in [-0.2, -0.15) is 0 Å². The summed E-state index contributed by atoms with van der Waals surface area (Å²) in [5, 5.41) is 10.1. The molecule has 0 aliphatic heterocycles. The second kappa shape index (κ2) is 8.76. The van der Waals surface area contributed by atoms with Crippen LogP contribution < -0.4 is 0 Å². The van der Waals surface area contributed by atoms with E-state index in [1.807, 2.05) is 30.4 Å². The van der Waals surface area contributed by atoms with Crippen LogP contribution in [0.4, 0.5) is 0 Å². The summed E-state index contributed by atoms with van der Waals surface area (Å²) in [6.07, 6.45) is 4.00. The molecule has 0 spiro atoms. The van der Waals surface area contributed by atoms with Crippen molar-refractivity contribution in [3.05, 3.63) is 107 Å². The molecule has 3 nitrogen and oxygen atoms in total. The summed E-state index contributed by atoms with van der Waals surface area (Å²) in [5.74, 6) is -0.0804. The highest BCUT2D eigenvalue weighted by Gasteiger charge is 2.01. The van der Waals surface area contributed by atoms with Gasteiger partial charge in [-0.25, -0.2) is 4.79 Å². The summed E-state index contributed by atoms with van der Waals surface area (Å²) in [4.78, 5) is 16.8. The van der Waals surface area contributed by atoms with Crippen molar-refractivity contribution in [2.24, 2.45) is 0 Å². The lowest BCUT2D eigenvalue weighted by Gasteiger charge is -2.04. The van der Waals surface area contributed by atoms with Gasteiger partial charge in [-0.15, -0.1) is 11.8 Å². The van der Waals surface area contributed by atoms with E-state index in [4.69, 9.17) is 10.1 Å². The molecule has 0 saturated heterocycles. The number of rotatable bonds is 6. The zero-order valence-corrected chi connectivity index (χ0v) is 16.5. The molecule has 0 unspecified atom stereocenters. The van der Waals surface area contributed by atoms with Gasteiger partial charge < -0.3 is 5.11 Å². The maximum Gasteiger partial charge on any atom is 0.335 e. The largest absolute Gasteiger partial charge is 0.478 e. The third-order valence-corrected chi connectivity index (χ3v) is 5.59. The zero-order chi connectivity index (χ0) is 20.1. The summed E-state index contributed by atoms with van der Waals surface area (Å²) in [5.41, 5.74) is 4.46. The lowest BCUT2D eigenvalue weighted by atomic mass is 10.1. The number of thioether (sulfide) groups is 1. The number of para-hydroxylation sites is 1. The first-order valence-corrected chi connectivity index (χ1v) is 10.2. The minimum absolute atomic E-state index is 0.296. The fourth-order valence-corrected chi connectivity index (χ4v) is 3.75. The Labute approximate surface area is 173 Å². The monoisotopic (exact) mass is 397 g/mol. The molecule has 29 heavy (non-hydrogen) atoms. The fourth-order valence-electron chi connectivity index (χ4n) is 2.95.